The second-order valence-corrected chi connectivity index (χ2v) is 6.20. The van der Waals surface area contributed by atoms with E-state index in [4.69, 9.17) is 17.3 Å². The van der Waals surface area contributed by atoms with Gasteiger partial charge in [0.25, 0.3) is 0 Å². The zero-order valence-corrected chi connectivity index (χ0v) is 12.7. The van der Waals surface area contributed by atoms with Crippen LogP contribution < -0.4 is 5.73 Å². The first-order chi connectivity index (χ1) is 8.70. The van der Waals surface area contributed by atoms with Crippen LogP contribution in [0.25, 0.3) is 0 Å². The summed E-state index contributed by atoms with van der Waals surface area (Å²) >= 11 is 11.2. The molecule has 1 unspecified atom stereocenters. The summed E-state index contributed by atoms with van der Waals surface area (Å²) < 4.78 is 1.05. The molecule has 0 saturated carbocycles. The predicted octanol–water partition coefficient (Wildman–Crippen LogP) is 4.29. The fourth-order valence-electron chi connectivity index (χ4n) is 1.55. The van der Waals surface area contributed by atoms with Gasteiger partial charge in [0.15, 0.2) is 0 Å². The lowest BCUT2D eigenvalue weighted by molar-refractivity contribution is 0.934. The second kappa shape index (κ2) is 6.57. The number of hydrogen-bond acceptors (Lipinski definition) is 3. The van der Waals surface area contributed by atoms with Crippen molar-refractivity contribution in [2.75, 3.05) is 6.54 Å². The van der Waals surface area contributed by atoms with Crippen molar-refractivity contribution in [1.29, 1.82) is 0 Å². The molecular weight excluding hydrogens is 332 g/mol. The van der Waals surface area contributed by atoms with Gasteiger partial charge in [-0.1, -0.05) is 51.4 Å². The zero-order chi connectivity index (χ0) is 13.0. The molecule has 2 rings (SSSR count). The Labute approximate surface area is 124 Å². The first kappa shape index (κ1) is 13.9. The quantitative estimate of drug-likeness (QED) is 0.842. The smallest absolute Gasteiger partial charge is 0.115 e. The third kappa shape index (κ3) is 3.48. The molecule has 0 bridgehead atoms. The number of thioether (sulfide) groups is 1. The number of nitrogens with zero attached hydrogens (tertiary/aromatic N) is 1. The van der Waals surface area contributed by atoms with Gasteiger partial charge in [-0.15, -0.1) is 0 Å². The molecule has 94 valence electrons. The molecular formula is C13H12BrClN2S. The number of halogens is 2. The maximum Gasteiger partial charge on any atom is 0.115 e. The average molecular weight is 344 g/mol. The molecule has 2 aromatic rings. The zero-order valence-electron chi connectivity index (χ0n) is 9.51. The van der Waals surface area contributed by atoms with E-state index >= 15 is 0 Å². The molecule has 0 spiro atoms. The Morgan fingerprint density at radius 2 is 2.17 bits per heavy atom. The topological polar surface area (TPSA) is 38.9 Å². The van der Waals surface area contributed by atoms with E-state index in [1.165, 1.54) is 5.56 Å². The summed E-state index contributed by atoms with van der Waals surface area (Å²) in [6.07, 6.45) is 1.74. The number of hydrogen-bond donors (Lipinski definition) is 1. The van der Waals surface area contributed by atoms with Gasteiger partial charge in [0.05, 0.1) is 5.02 Å². The summed E-state index contributed by atoms with van der Waals surface area (Å²) in [5, 5.41) is 1.63. The molecule has 0 fully saturated rings. The molecule has 1 aromatic carbocycles. The van der Waals surface area contributed by atoms with Crippen LogP contribution in [0, 0.1) is 0 Å². The largest absolute Gasteiger partial charge is 0.329 e. The summed E-state index contributed by atoms with van der Waals surface area (Å²) in [5.74, 6) is 0. The lowest BCUT2D eigenvalue weighted by atomic mass is 10.1. The molecule has 1 heterocycles. The number of nitrogens with two attached hydrogens (primary N) is 1. The molecule has 18 heavy (non-hydrogen) atoms. The van der Waals surface area contributed by atoms with Crippen LogP contribution in [0.4, 0.5) is 0 Å². The van der Waals surface area contributed by atoms with E-state index < -0.39 is 0 Å². The molecule has 2 N–H and O–H groups in total. The Morgan fingerprint density at radius 3 is 2.83 bits per heavy atom. The highest BCUT2D eigenvalue weighted by Gasteiger charge is 2.14. The van der Waals surface area contributed by atoms with Gasteiger partial charge in [-0.25, -0.2) is 4.98 Å². The Balaban J connectivity index is 2.23. The monoisotopic (exact) mass is 342 g/mol. The SMILES string of the molecule is NCC(Sc1ncccc1Cl)c1cccc(Br)c1. The minimum Gasteiger partial charge on any atom is -0.329 e. The predicted molar refractivity (Wildman–Crippen MR) is 81.0 cm³/mol. The van der Waals surface area contributed by atoms with Gasteiger partial charge < -0.3 is 5.73 Å². The number of benzene rings is 1. The van der Waals surface area contributed by atoms with Crippen molar-refractivity contribution in [3.63, 3.8) is 0 Å². The number of rotatable bonds is 4. The van der Waals surface area contributed by atoms with Crippen molar-refractivity contribution >= 4 is 39.3 Å². The number of aromatic nitrogens is 1. The molecule has 5 heteroatoms. The van der Waals surface area contributed by atoms with Crippen LogP contribution in [0.3, 0.4) is 0 Å². The first-order valence-corrected chi connectivity index (χ1v) is 7.48. The average Bonchev–Trinajstić information content (AvgIpc) is 2.38. The van der Waals surface area contributed by atoms with E-state index in [9.17, 15) is 0 Å². The van der Waals surface area contributed by atoms with E-state index in [2.05, 4.69) is 33.0 Å². The van der Waals surface area contributed by atoms with E-state index in [1.807, 2.05) is 24.3 Å². The number of pyridine rings is 1. The molecule has 2 nitrogen and oxygen atoms in total. The molecule has 0 saturated heterocycles. The molecule has 0 radical (unpaired) electrons. The lowest BCUT2D eigenvalue weighted by Crippen LogP contribution is -2.09. The van der Waals surface area contributed by atoms with Crippen LogP contribution in [-0.2, 0) is 0 Å². The maximum absolute atomic E-state index is 6.11. The van der Waals surface area contributed by atoms with Crippen LogP contribution in [0.1, 0.15) is 10.8 Å². The molecule has 0 aliphatic rings. The van der Waals surface area contributed by atoms with Gasteiger partial charge in [-0.05, 0) is 29.8 Å². The first-order valence-electron chi connectivity index (χ1n) is 5.43. The molecule has 0 aliphatic carbocycles. The van der Waals surface area contributed by atoms with E-state index in [0.29, 0.717) is 11.6 Å². The highest BCUT2D eigenvalue weighted by Crippen LogP contribution is 2.37. The van der Waals surface area contributed by atoms with Gasteiger partial charge in [-0.3, -0.25) is 0 Å². The third-order valence-corrected chi connectivity index (χ3v) is 4.62. The molecule has 1 aromatic heterocycles. The van der Waals surface area contributed by atoms with Crippen LogP contribution >= 0.6 is 39.3 Å². The van der Waals surface area contributed by atoms with Crippen molar-refractivity contribution in [1.82, 2.24) is 4.98 Å². The summed E-state index contributed by atoms with van der Waals surface area (Å²) in [4.78, 5) is 4.28. The Morgan fingerprint density at radius 1 is 1.33 bits per heavy atom. The van der Waals surface area contributed by atoms with Gasteiger partial charge in [0.2, 0.25) is 0 Å². The van der Waals surface area contributed by atoms with E-state index in [1.54, 1.807) is 18.0 Å². The van der Waals surface area contributed by atoms with E-state index in [0.717, 1.165) is 9.50 Å². The van der Waals surface area contributed by atoms with E-state index in [-0.39, 0.29) is 5.25 Å². The van der Waals surface area contributed by atoms with Crippen LogP contribution in [-0.4, -0.2) is 11.5 Å². The van der Waals surface area contributed by atoms with Crippen LogP contribution in [0.2, 0.25) is 5.02 Å². The lowest BCUT2D eigenvalue weighted by Gasteiger charge is -2.15. The van der Waals surface area contributed by atoms with Crippen molar-refractivity contribution in [3.8, 4) is 0 Å². The van der Waals surface area contributed by atoms with Crippen LogP contribution in [0.15, 0.2) is 52.1 Å². The summed E-state index contributed by atoms with van der Waals surface area (Å²) in [7, 11) is 0. The maximum atomic E-state index is 6.11. The Bertz CT molecular complexity index is 536. The van der Waals surface area contributed by atoms with Gasteiger partial charge >= 0.3 is 0 Å². The van der Waals surface area contributed by atoms with Crippen molar-refractivity contribution in [2.24, 2.45) is 5.73 Å². The standard InChI is InChI=1S/C13H12BrClN2S/c14-10-4-1-3-9(7-10)12(8-16)18-13-11(15)5-2-6-17-13/h1-7,12H,8,16H2. The van der Waals surface area contributed by atoms with Gasteiger partial charge in [0.1, 0.15) is 5.03 Å². The fourth-order valence-corrected chi connectivity index (χ4v) is 3.17. The molecule has 0 amide bonds. The second-order valence-electron chi connectivity index (χ2n) is 3.69. The minimum atomic E-state index is 0.148. The highest BCUT2D eigenvalue weighted by molar-refractivity contribution is 9.10. The van der Waals surface area contributed by atoms with Crippen molar-refractivity contribution < 1.29 is 0 Å². The van der Waals surface area contributed by atoms with Crippen LogP contribution in [0.5, 0.6) is 0 Å². The fraction of sp³-hybridized carbons (Fsp3) is 0.154. The Kier molecular flexibility index (Phi) is 5.06. The third-order valence-electron chi connectivity index (χ3n) is 2.41. The summed E-state index contributed by atoms with van der Waals surface area (Å²) in [6, 6.07) is 11.8. The van der Waals surface area contributed by atoms with Crippen molar-refractivity contribution in [3.05, 3.63) is 57.7 Å². The van der Waals surface area contributed by atoms with Gasteiger partial charge in [0, 0.05) is 22.5 Å². The molecule has 1 atom stereocenters. The summed E-state index contributed by atoms with van der Waals surface area (Å²) in [6.45, 7) is 0.536. The normalized spacial score (nSPS) is 12.4. The van der Waals surface area contributed by atoms with Crippen molar-refractivity contribution in [2.45, 2.75) is 10.3 Å². The minimum absolute atomic E-state index is 0.148. The Hall–Kier alpha value is -0.550. The highest BCUT2D eigenvalue weighted by atomic mass is 79.9. The summed E-state index contributed by atoms with van der Waals surface area (Å²) in [5.41, 5.74) is 7.01. The molecule has 0 aliphatic heterocycles. The van der Waals surface area contributed by atoms with Gasteiger partial charge in [-0.2, -0.15) is 0 Å².